The standard InChI is InChI=1S/C10H10F3N3/c11-10(12,13)7-2-1-3-8(4-7)16-5-9(14)15-6-16/h1-5,15H,6,14H2. The molecule has 0 saturated heterocycles. The highest BCUT2D eigenvalue weighted by Crippen LogP contribution is 2.31. The lowest BCUT2D eigenvalue weighted by Crippen LogP contribution is -2.22. The molecule has 2 rings (SSSR count). The molecule has 1 heterocycles. The Morgan fingerprint density at radius 2 is 2.06 bits per heavy atom. The van der Waals surface area contributed by atoms with Crippen LogP contribution in [0.25, 0.3) is 0 Å². The minimum absolute atomic E-state index is 0.382. The Labute approximate surface area is 90.3 Å². The normalized spacial score (nSPS) is 15.9. The third-order valence-corrected chi connectivity index (χ3v) is 2.25. The van der Waals surface area contributed by atoms with Gasteiger partial charge >= 0.3 is 6.18 Å². The Hall–Kier alpha value is -1.85. The van der Waals surface area contributed by atoms with Crippen molar-refractivity contribution in [2.45, 2.75) is 6.18 Å². The summed E-state index contributed by atoms with van der Waals surface area (Å²) in [6, 6.07) is 5.11. The number of hydrogen-bond acceptors (Lipinski definition) is 3. The van der Waals surface area contributed by atoms with Crippen molar-refractivity contribution >= 4 is 5.69 Å². The van der Waals surface area contributed by atoms with Crippen molar-refractivity contribution in [3.8, 4) is 0 Å². The van der Waals surface area contributed by atoms with Gasteiger partial charge in [0.1, 0.15) is 5.82 Å². The number of alkyl halides is 3. The zero-order valence-corrected chi connectivity index (χ0v) is 8.25. The minimum atomic E-state index is -4.32. The van der Waals surface area contributed by atoms with Crippen LogP contribution in [0.5, 0.6) is 0 Å². The molecular weight excluding hydrogens is 219 g/mol. The number of hydrogen-bond donors (Lipinski definition) is 2. The van der Waals surface area contributed by atoms with Gasteiger partial charge in [-0.15, -0.1) is 0 Å². The van der Waals surface area contributed by atoms with Crippen LogP contribution < -0.4 is 16.0 Å². The summed E-state index contributed by atoms with van der Waals surface area (Å²) in [7, 11) is 0. The molecule has 86 valence electrons. The molecule has 1 aromatic carbocycles. The molecule has 0 aliphatic carbocycles. The number of nitrogens with zero attached hydrogens (tertiary/aromatic N) is 1. The molecule has 1 aromatic rings. The molecule has 0 unspecified atom stereocenters. The van der Waals surface area contributed by atoms with E-state index >= 15 is 0 Å². The largest absolute Gasteiger partial charge is 0.416 e. The molecule has 16 heavy (non-hydrogen) atoms. The van der Waals surface area contributed by atoms with Crippen molar-refractivity contribution in [3.05, 3.63) is 41.8 Å². The van der Waals surface area contributed by atoms with Crippen LogP contribution in [0.3, 0.4) is 0 Å². The molecule has 0 bridgehead atoms. The Kier molecular flexibility index (Phi) is 2.41. The second kappa shape index (κ2) is 3.62. The molecular formula is C10H10F3N3. The highest BCUT2D eigenvalue weighted by Gasteiger charge is 2.30. The molecule has 6 heteroatoms. The third-order valence-electron chi connectivity index (χ3n) is 2.25. The molecule has 0 radical (unpaired) electrons. The summed E-state index contributed by atoms with van der Waals surface area (Å²) in [5.74, 6) is 0.442. The molecule has 1 aliphatic heterocycles. The number of rotatable bonds is 1. The number of nitrogens with two attached hydrogens (primary N) is 1. The zero-order valence-electron chi connectivity index (χ0n) is 8.25. The minimum Gasteiger partial charge on any atom is -0.384 e. The van der Waals surface area contributed by atoms with Crippen molar-refractivity contribution in [3.63, 3.8) is 0 Å². The molecule has 3 nitrogen and oxygen atoms in total. The lowest BCUT2D eigenvalue weighted by Gasteiger charge is -2.16. The lowest BCUT2D eigenvalue weighted by atomic mass is 10.2. The van der Waals surface area contributed by atoms with E-state index in [-0.39, 0.29) is 0 Å². The van der Waals surface area contributed by atoms with E-state index in [1.165, 1.54) is 6.07 Å². The smallest absolute Gasteiger partial charge is 0.384 e. The van der Waals surface area contributed by atoms with Crippen LogP contribution in [0.4, 0.5) is 18.9 Å². The maximum atomic E-state index is 12.5. The predicted octanol–water partition coefficient (Wildman–Crippen LogP) is 1.83. The van der Waals surface area contributed by atoms with Gasteiger partial charge in [-0.1, -0.05) is 6.07 Å². The lowest BCUT2D eigenvalue weighted by molar-refractivity contribution is -0.137. The first-order valence-electron chi connectivity index (χ1n) is 4.62. The van der Waals surface area contributed by atoms with Gasteiger partial charge in [0.15, 0.2) is 0 Å². The van der Waals surface area contributed by atoms with E-state index in [0.29, 0.717) is 18.2 Å². The van der Waals surface area contributed by atoms with E-state index < -0.39 is 11.7 Å². The van der Waals surface area contributed by atoms with Crippen LogP contribution in [0.1, 0.15) is 5.56 Å². The van der Waals surface area contributed by atoms with Crippen LogP contribution in [0, 0.1) is 0 Å². The second-order valence-corrected chi connectivity index (χ2v) is 3.44. The maximum absolute atomic E-state index is 12.5. The average molecular weight is 229 g/mol. The van der Waals surface area contributed by atoms with Crippen LogP contribution in [0.2, 0.25) is 0 Å². The second-order valence-electron chi connectivity index (χ2n) is 3.44. The van der Waals surface area contributed by atoms with Crippen molar-refractivity contribution in [1.82, 2.24) is 5.32 Å². The van der Waals surface area contributed by atoms with E-state index in [0.717, 1.165) is 12.1 Å². The summed E-state index contributed by atoms with van der Waals surface area (Å²) in [6.07, 6.45) is -2.76. The summed E-state index contributed by atoms with van der Waals surface area (Å²) in [5.41, 5.74) is 5.27. The first-order valence-corrected chi connectivity index (χ1v) is 4.62. The van der Waals surface area contributed by atoms with Crippen molar-refractivity contribution in [1.29, 1.82) is 0 Å². The molecule has 0 amide bonds. The van der Waals surface area contributed by atoms with Crippen LogP contribution in [-0.4, -0.2) is 6.67 Å². The quantitative estimate of drug-likeness (QED) is 0.772. The summed E-state index contributed by atoms with van der Waals surface area (Å²) < 4.78 is 37.4. The summed E-state index contributed by atoms with van der Waals surface area (Å²) in [6.45, 7) is 0.382. The van der Waals surface area contributed by atoms with Gasteiger partial charge in [0.05, 0.1) is 12.2 Å². The van der Waals surface area contributed by atoms with E-state index in [1.54, 1.807) is 17.2 Å². The van der Waals surface area contributed by atoms with Gasteiger partial charge < -0.3 is 16.0 Å². The van der Waals surface area contributed by atoms with E-state index in [1.807, 2.05) is 0 Å². The fourth-order valence-electron chi connectivity index (χ4n) is 1.46. The third kappa shape index (κ3) is 2.05. The zero-order chi connectivity index (χ0) is 11.8. The first-order chi connectivity index (χ1) is 7.47. The van der Waals surface area contributed by atoms with Gasteiger partial charge in [-0.2, -0.15) is 13.2 Å². The van der Waals surface area contributed by atoms with Crippen molar-refractivity contribution < 1.29 is 13.2 Å². The van der Waals surface area contributed by atoms with E-state index in [4.69, 9.17) is 5.73 Å². The average Bonchev–Trinajstić information content (AvgIpc) is 2.64. The number of nitrogens with one attached hydrogen (secondary N) is 1. The highest BCUT2D eigenvalue weighted by atomic mass is 19.4. The number of anilines is 1. The van der Waals surface area contributed by atoms with Gasteiger partial charge in [-0.3, -0.25) is 0 Å². The molecule has 3 N–H and O–H groups in total. The number of halogens is 3. The van der Waals surface area contributed by atoms with Crippen LogP contribution >= 0.6 is 0 Å². The molecule has 0 spiro atoms. The van der Waals surface area contributed by atoms with Gasteiger partial charge in [0.2, 0.25) is 0 Å². The fourth-order valence-corrected chi connectivity index (χ4v) is 1.46. The summed E-state index contributed by atoms with van der Waals surface area (Å²) in [4.78, 5) is 1.62. The van der Waals surface area contributed by atoms with Gasteiger partial charge in [0.25, 0.3) is 0 Å². The van der Waals surface area contributed by atoms with Crippen LogP contribution in [-0.2, 0) is 6.18 Å². The SMILES string of the molecule is NC1=CN(c2cccc(C(F)(F)F)c2)CN1. The van der Waals surface area contributed by atoms with Gasteiger partial charge in [-0.05, 0) is 18.2 Å². The fraction of sp³-hybridized carbons (Fsp3) is 0.200. The Balaban J connectivity index is 2.30. The molecule has 0 saturated carbocycles. The van der Waals surface area contributed by atoms with Gasteiger partial charge in [-0.25, -0.2) is 0 Å². The maximum Gasteiger partial charge on any atom is 0.416 e. The summed E-state index contributed by atoms with van der Waals surface area (Å²) in [5, 5.41) is 2.81. The van der Waals surface area contributed by atoms with Crippen molar-refractivity contribution in [2.75, 3.05) is 11.6 Å². The summed E-state index contributed by atoms with van der Waals surface area (Å²) >= 11 is 0. The van der Waals surface area contributed by atoms with E-state index in [2.05, 4.69) is 5.32 Å². The topological polar surface area (TPSA) is 41.3 Å². The molecule has 0 atom stereocenters. The molecule has 0 aromatic heterocycles. The van der Waals surface area contributed by atoms with Crippen LogP contribution in [0.15, 0.2) is 36.3 Å². The molecule has 1 aliphatic rings. The predicted molar refractivity (Wildman–Crippen MR) is 54.2 cm³/mol. The van der Waals surface area contributed by atoms with Gasteiger partial charge in [0, 0.05) is 11.9 Å². The first kappa shape index (κ1) is 10.7. The highest BCUT2D eigenvalue weighted by molar-refractivity contribution is 5.53. The monoisotopic (exact) mass is 229 g/mol. The Bertz CT molecular complexity index is 426. The Morgan fingerprint density at radius 3 is 2.62 bits per heavy atom. The van der Waals surface area contributed by atoms with Crippen molar-refractivity contribution in [2.24, 2.45) is 5.73 Å². The number of benzene rings is 1. The van der Waals surface area contributed by atoms with E-state index in [9.17, 15) is 13.2 Å². The molecule has 0 fully saturated rings. The Morgan fingerprint density at radius 1 is 1.31 bits per heavy atom.